The lowest BCUT2D eigenvalue weighted by molar-refractivity contribution is 2.13. The molecule has 0 aliphatic carbocycles. The molecule has 3 heteroatoms. The smallest absolute Gasteiger partial charge is 0.0814 e. The molecule has 0 aliphatic rings. The van der Waals surface area contributed by atoms with Gasteiger partial charge in [0.25, 0.3) is 0 Å². The SMILES string of the molecule is B.B.C.N. The summed E-state index contributed by atoms with van der Waals surface area (Å²) in [5.74, 6) is 0. The van der Waals surface area contributed by atoms with Crippen molar-refractivity contribution in [2.45, 2.75) is 7.43 Å². The Bertz CT molecular complexity index is 6.00. The van der Waals surface area contributed by atoms with Crippen LogP contribution in [-0.4, -0.2) is 16.8 Å². The molecule has 0 unspecified atom stereocenters. The molecule has 0 bridgehead atoms. The zero-order valence-corrected chi connectivity index (χ0v) is 0.707. The molecule has 28 valence electrons. The predicted molar refractivity (Wildman–Crippen MR) is 31.6 cm³/mol. The summed E-state index contributed by atoms with van der Waals surface area (Å²) < 4.78 is 0. The van der Waals surface area contributed by atoms with E-state index in [1.165, 1.54) is 0 Å². The van der Waals surface area contributed by atoms with Crippen molar-refractivity contribution in [3.63, 3.8) is 0 Å². The normalized spacial score (nSPS) is 0. The molecule has 0 aromatic rings. The van der Waals surface area contributed by atoms with Crippen LogP contribution in [0.3, 0.4) is 0 Å². The molecular weight excluding hydrogens is 47.6 g/mol. The van der Waals surface area contributed by atoms with Crippen LogP contribution in [0, 0.1) is 0 Å². The molecule has 0 aliphatic heterocycles. The quantitative estimate of drug-likeness (QED) is 0.337. The summed E-state index contributed by atoms with van der Waals surface area (Å²) in [7, 11) is 0. The zero-order chi connectivity index (χ0) is 0. The third kappa shape index (κ3) is 307. The highest BCUT2D eigenvalue weighted by Gasteiger charge is 0.0824. The van der Waals surface area contributed by atoms with E-state index in [0.717, 1.165) is 0 Å². The molecule has 0 radical (unpaired) electrons. The number of hydrogen-bond acceptors (Lipinski definition) is 1. The van der Waals surface area contributed by atoms with E-state index in [4.69, 9.17) is 0 Å². The van der Waals surface area contributed by atoms with Gasteiger partial charge in [-0.3, -0.25) is 0 Å². The van der Waals surface area contributed by atoms with Crippen molar-refractivity contribution in [1.82, 2.24) is 6.15 Å². The summed E-state index contributed by atoms with van der Waals surface area (Å²) in [5, 5.41) is 0. The fraction of sp³-hybridized carbons (Fsp3) is 1.00. The van der Waals surface area contributed by atoms with Gasteiger partial charge in [-0.25, -0.2) is 0 Å². The molecule has 0 aromatic heterocycles. The lowest BCUT2D eigenvalue weighted by atomic mass is 10.8. The van der Waals surface area contributed by atoms with E-state index in [1.807, 2.05) is 0 Å². The van der Waals surface area contributed by atoms with Crippen LogP contribution in [0.5, 0.6) is 0 Å². The van der Waals surface area contributed by atoms with E-state index >= 15 is 0 Å². The highest BCUT2D eigenvalue weighted by molar-refractivity contribution is 5.76. The average Bonchev–Trinajstić information content (AvgIpc) is 0. The third-order valence-corrected chi connectivity index (χ3v) is 0. The zero-order valence-electron chi connectivity index (χ0n) is 0.707. The van der Waals surface area contributed by atoms with Crippen molar-refractivity contribution in [3.8, 4) is 0 Å². The predicted octanol–water partition coefficient (Wildman–Crippen LogP) is -1.57. The summed E-state index contributed by atoms with van der Waals surface area (Å²) in [6, 6.07) is 0. The Hall–Kier alpha value is 0.0899. The van der Waals surface area contributed by atoms with Gasteiger partial charge >= 0.3 is 0 Å². The standard InChI is InChI=1S/CH4.2BH3.H3N/h1H4;3*1H3. The minimum atomic E-state index is 0. The van der Waals surface area contributed by atoms with Crippen molar-refractivity contribution >= 4 is 16.8 Å². The minimum absolute atomic E-state index is 0. The maximum absolute atomic E-state index is 0. The van der Waals surface area contributed by atoms with Crippen LogP contribution in [0.4, 0.5) is 0 Å². The van der Waals surface area contributed by atoms with E-state index in [0.29, 0.717) is 0 Å². The largest absolute Gasteiger partial charge is 0.344 e. The third-order valence-electron chi connectivity index (χ3n) is 0. The van der Waals surface area contributed by atoms with Crippen LogP contribution < -0.4 is 6.15 Å². The number of hydrogen-bond donors (Lipinski definition) is 1. The molecular formula is CH13B2N. The summed E-state index contributed by atoms with van der Waals surface area (Å²) in [4.78, 5) is 0. The first-order valence-corrected chi connectivity index (χ1v) is 0. The Balaban J connectivity index is 0. The first-order valence-electron chi connectivity index (χ1n) is 0. The van der Waals surface area contributed by atoms with Gasteiger partial charge in [0.05, 0.1) is 16.8 Å². The lowest BCUT2D eigenvalue weighted by Crippen LogP contribution is -0.481. The van der Waals surface area contributed by atoms with Crippen LogP contribution in [-0.2, 0) is 0 Å². The van der Waals surface area contributed by atoms with E-state index in [2.05, 4.69) is 0 Å². The molecule has 1 nitrogen and oxygen atoms in total. The highest BCUT2D eigenvalue weighted by Crippen LogP contribution is 0.144. The molecule has 0 spiro atoms. The Labute approximate surface area is 31.5 Å². The maximum atomic E-state index is 0. The van der Waals surface area contributed by atoms with Crippen LogP contribution in [0.1, 0.15) is 7.43 Å². The van der Waals surface area contributed by atoms with Gasteiger partial charge in [0, 0.05) is 0 Å². The Morgan fingerprint density at radius 1 is 0.750 bits per heavy atom. The van der Waals surface area contributed by atoms with E-state index in [9.17, 15) is 0 Å². The van der Waals surface area contributed by atoms with Crippen molar-refractivity contribution in [3.05, 3.63) is 0 Å². The van der Waals surface area contributed by atoms with Crippen LogP contribution in [0.2, 0.25) is 0 Å². The minimum Gasteiger partial charge on any atom is -0.344 e. The second-order valence-corrected chi connectivity index (χ2v) is 0. The van der Waals surface area contributed by atoms with Gasteiger partial charge in [0.1, 0.15) is 0 Å². The first-order chi connectivity index (χ1) is 0. The molecule has 0 rings (SSSR count). The van der Waals surface area contributed by atoms with E-state index in [1.54, 1.807) is 0 Å². The molecule has 3 N–H and O–H groups in total. The van der Waals surface area contributed by atoms with Crippen LogP contribution >= 0.6 is 0 Å². The van der Waals surface area contributed by atoms with Gasteiger partial charge in [-0.05, 0) is 0 Å². The second kappa shape index (κ2) is 1670. The molecule has 0 fully saturated rings. The molecule has 0 saturated heterocycles. The van der Waals surface area contributed by atoms with Crippen LogP contribution in [0.25, 0.3) is 0 Å². The van der Waals surface area contributed by atoms with Gasteiger partial charge in [-0.1, -0.05) is 7.43 Å². The Morgan fingerprint density at radius 3 is 0.750 bits per heavy atom. The molecule has 0 amide bonds. The van der Waals surface area contributed by atoms with Gasteiger partial charge < -0.3 is 6.15 Å². The Morgan fingerprint density at radius 2 is 0.750 bits per heavy atom. The van der Waals surface area contributed by atoms with Gasteiger partial charge in [0.2, 0.25) is 0 Å². The van der Waals surface area contributed by atoms with Crippen molar-refractivity contribution in [2.24, 2.45) is 0 Å². The first kappa shape index (κ1) is 4830. The molecule has 0 aromatic carbocycles. The topological polar surface area (TPSA) is 35.0 Å². The maximum Gasteiger partial charge on any atom is 0.0814 e. The number of rotatable bonds is 0. The summed E-state index contributed by atoms with van der Waals surface area (Å²) >= 11 is 0. The fourth-order valence-electron chi connectivity index (χ4n) is 0. The van der Waals surface area contributed by atoms with E-state index < -0.39 is 0 Å². The van der Waals surface area contributed by atoms with Gasteiger partial charge in [-0.15, -0.1) is 0 Å². The van der Waals surface area contributed by atoms with Gasteiger partial charge in [0.15, 0.2) is 0 Å². The summed E-state index contributed by atoms with van der Waals surface area (Å²) in [6.07, 6.45) is 0. The highest BCUT2D eigenvalue weighted by atomic mass is 14.0. The van der Waals surface area contributed by atoms with Crippen LogP contribution in [0.15, 0.2) is 0 Å². The Kier molecular flexibility index (Phi) is 2020000. The van der Waals surface area contributed by atoms with Gasteiger partial charge in [-0.2, -0.15) is 0 Å². The monoisotopic (exact) mass is 61.1 g/mol. The lowest BCUT2D eigenvalue weighted by Gasteiger charge is -0.344. The molecule has 4 heavy (non-hydrogen) atoms. The summed E-state index contributed by atoms with van der Waals surface area (Å²) in [5.41, 5.74) is 0. The summed E-state index contributed by atoms with van der Waals surface area (Å²) in [6.45, 7) is 0. The van der Waals surface area contributed by atoms with Crippen molar-refractivity contribution in [1.29, 1.82) is 0 Å². The fourth-order valence-corrected chi connectivity index (χ4v) is 0. The molecule has 0 saturated carbocycles. The second-order valence-electron chi connectivity index (χ2n) is 0. The molecule has 0 heterocycles. The average molecular weight is 60.7 g/mol. The van der Waals surface area contributed by atoms with Crippen molar-refractivity contribution < 1.29 is 0 Å². The van der Waals surface area contributed by atoms with E-state index in [-0.39, 0.29) is 30.4 Å². The molecule has 0 atom stereocenters. The van der Waals surface area contributed by atoms with Crippen molar-refractivity contribution in [2.75, 3.05) is 0 Å².